The Morgan fingerprint density at radius 1 is 1.00 bits per heavy atom. The number of benzene rings is 2. The molecule has 1 heterocycles. The molecule has 0 N–H and O–H groups in total. The molecule has 5 heteroatoms. The van der Waals surface area contributed by atoms with Crippen molar-refractivity contribution in [3.8, 4) is 11.5 Å². The zero-order chi connectivity index (χ0) is 19.1. The number of methoxy groups -OCH3 is 1. The fourth-order valence-electron chi connectivity index (χ4n) is 3.37. The van der Waals surface area contributed by atoms with E-state index in [0.29, 0.717) is 6.61 Å². The van der Waals surface area contributed by atoms with Crippen LogP contribution in [0.15, 0.2) is 42.5 Å². The van der Waals surface area contributed by atoms with Crippen LogP contribution in [0.3, 0.4) is 0 Å². The minimum Gasteiger partial charge on any atom is -0.496 e. The smallest absolute Gasteiger partial charge is 0.125 e. The van der Waals surface area contributed by atoms with Crippen LogP contribution in [0.1, 0.15) is 17.5 Å². The maximum absolute atomic E-state index is 5.96. The van der Waals surface area contributed by atoms with Gasteiger partial charge in [-0.15, -0.1) is 0 Å². The molecule has 0 saturated carbocycles. The Labute approximate surface area is 176 Å². The first-order valence-electron chi connectivity index (χ1n) is 9.59. The number of hydrogen-bond acceptors (Lipinski definition) is 4. The number of aryl methyl sites for hydroxylation is 1. The summed E-state index contributed by atoms with van der Waals surface area (Å²) in [5, 5.41) is 0. The maximum atomic E-state index is 5.96. The number of piperazine rings is 1. The van der Waals surface area contributed by atoms with E-state index < -0.39 is 0 Å². The lowest BCUT2D eigenvalue weighted by atomic mass is 10.1. The lowest BCUT2D eigenvalue weighted by Crippen LogP contribution is -2.44. The zero-order valence-corrected chi connectivity index (χ0v) is 18.4. The summed E-state index contributed by atoms with van der Waals surface area (Å²) in [4.78, 5) is 4.98. The summed E-state index contributed by atoms with van der Waals surface area (Å²) < 4.78 is 12.7. The van der Waals surface area contributed by atoms with Crippen molar-refractivity contribution >= 4 is 22.6 Å². The van der Waals surface area contributed by atoms with E-state index in [1.54, 1.807) is 7.11 Å². The fourth-order valence-corrected chi connectivity index (χ4v) is 3.73. The van der Waals surface area contributed by atoms with E-state index in [9.17, 15) is 0 Å². The second kappa shape index (κ2) is 10.3. The Morgan fingerprint density at radius 2 is 1.74 bits per heavy atom. The van der Waals surface area contributed by atoms with Crippen molar-refractivity contribution in [1.82, 2.24) is 9.80 Å². The molecule has 1 aliphatic rings. The molecule has 2 aromatic carbocycles. The van der Waals surface area contributed by atoms with E-state index in [0.717, 1.165) is 23.5 Å². The highest BCUT2D eigenvalue weighted by Crippen LogP contribution is 2.23. The third-order valence-electron chi connectivity index (χ3n) is 5.09. The van der Waals surface area contributed by atoms with Crippen LogP contribution in [0.25, 0.3) is 0 Å². The highest BCUT2D eigenvalue weighted by molar-refractivity contribution is 14.1. The predicted molar refractivity (Wildman–Crippen MR) is 119 cm³/mol. The monoisotopic (exact) mass is 480 g/mol. The molecular weight excluding hydrogens is 451 g/mol. The van der Waals surface area contributed by atoms with Crippen LogP contribution in [0.4, 0.5) is 0 Å². The molecule has 0 unspecified atom stereocenters. The normalized spacial score (nSPS) is 15.7. The van der Waals surface area contributed by atoms with E-state index in [1.807, 2.05) is 12.1 Å². The molecule has 0 radical (unpaired) electrons. The van der Waals surface area contributed by atoms with Crippen molar-refractivity contribution in [2.45, 2.75) is 19.4 Å². The van der Waals surface area contributed by atoms with E-state index in [1.165, 1.54) is 48.3 Å². The molecule has 0 aliphatic carbocycles. The highest BCUT2D eigenvalue weighted by atomic mass is 127. The number of nitrogens with zero attached hydrogens (tertiary/aromatic N) is 2. The van der Waals surface area contributed by atoms with Crippen LogP contribution in [-0.2, 0) is 13.0 Å². The van der Waals surface area contributed by atoms with E-state index in [-0.39, 0.29) is 0 Å². The minimum atomic E-state index is 0.524. The largest absolute Gasteiger partial charge is 0.496 e. The van der Waals surface area contributed by atoms with Crippen molar-refractivity contribution in [1.29, 1.82) is 0 Å². The van der Waals surface area contributed by atoms with Crippen LogP contribution in [-0.4, -0.2) is 56.7 Å². The van der Waals surface area contributed by atoms with Crippen molar-refractivity contribution in [2.75, 3.05) is 46.9 Å². The van der Waals surface area contributed by atoms with Crippen LogP contribution in [0.2, 0.25) is 0 Å². The molecule has 3 rings (SSSR count). The Hall–Kier alpha value is -1.31. The molecule has 0 amide bonds. The number of ether oxygens (including phenoxy) is 2. The van der Waals surface area contributed by atoms with Gasteiger partial charge in [-0.3, -0.25) is 0 Å². The van der Waals surface area contributed by atoms with Gasteiger partial charge in [0.2, 0.25) is 0 Å². The third-order valence-corrected chi connectivity index (χ3v) is 5.81. The molecule has 0 atom stereocenters. The molecule has 0 spiro atoms. The quantitative estimate of drug-likeness (QED) is 0.533. The average Bonchev–Trinajstić information content (AvgIpc) is 2.69. The maximum Gasteiger partial charge on any atom is 0.125 e. The SMILES string of the molecule is COc1ccc(CCCN2CCN(C)CC2)cc1COc1ccc(I)cc1. The van der Waals surface area contributed by atoms with Gasteiger partial charge in [-0.2, -0.15) is 0 Å². The van der Waals surface area contributed by atoms with Gasteiger partial charge in [0.1, 0.15) is 18.1 Å². The number of halogens is 1. The summed E-state index contributed by atoms with van der Waals surface area (Å²) in [5.41, 5.74) is 2.46. The Kier molecular flexibility index (Phi) is 7.79. The van der Waals surface area contributed by atoms with Gasteiger partial charge in [0, 0.05) is 35.3 Å². The summed E-state index contributed by atoms with van der Waals surface area (Å²) in [6.45, 7) is 6.44. The van der Waals surface area contributed by atoms with Gasteiger partial charge in [-0.05, 0) is 91.0 Å². The molecule has 146 valence electrons. The number of likely N-dealkylation sites (N-methyl/N-ethyl adjacent to an activating group) is 1. The molecule has 1 aliphatic heterocycles. The van der Waals surface area contributed by atoms with Gasteiger partial charge in [-0.25, -0.2) is 0 Å². The van der Waals surface area contributed by atoms with Gasteiger partial charge in [0.15, 0.2) is 0 Å². The second-order valence-electron chi connectivity index (χ2n) is 7.14. The summed E-state index contributed by atoms with van der Waals surface area (Å²) in [7, 11) is 3.92. The fraction of sp³-hybridized carbons (Fsp3) is 0.455. The van der Waals surface area contributed by atoms with Gasteiger partial charge in [-0.1, -0.05) is 6.07 Å². The van der Waals surface area contributed by atoms with Crippen molar-refractivity contribution < 1.29 is 9.47 Å². The van der Waals surface area contributed by atoms with E-state index >= 15 is 0 Å². The van der Waals surface area contributed by atoms with Gasteiger partial charge in [0.05, 0.1) is 7.11 Å². The molecular formula is C22H29IN2O2. The lowest BCUT2D eigenvalue weighted by Gasteiger charge is -2.32. The van der Waals surface area contributed by atoms with E-state index in [4.69, 9.17) is 9.47 Å². The van der Waals surface area contributed by atoms with E-state index in [2.05, 4.69) is 69.8 Å². The van der Waals surface area contributed by atoms with Crippen molar-refractivity contribution in [3.63, 3.8) is 0 Å². The van der Waals surface area contributed by atoms with Gasteiger partial charge in [0.25, 0.3) is 0 Å². The summed E-state index contributed by atoms with van der Waals surface area (Å²) in [5.74, 6) is 1.78. The first-order valence-corrected chi connectivity index (χ1v) is 10.7. The van der Waals surface area contributed by atoms with Crippen LogP contribution >= 0.6 is 22.6 Å². The Morgan fingerprint density at radius 3 is 2.44 bits per heavy atom. The first kappa shape index (κ1) is 20.4. The molecule has 27 heavy (non-hydrogen) atoms. The lowest BCUT2D eigenvalue weighted by molar-refractivity contribution is 0.153. The third kappa shape index (κ3) is 6.36. The molecule has 4 nitrogen and oxygen atoms in total. The average molecular weight is 480 g/mol. The van der Waals surface area contributed by atoms with Crippen LogP contribution in [0.5, 0.6) is 11.5 Å². The molecule has 1 fully saturated rings. The minimum absolute atomic E-state index is 0.524. The zero-order valence-electron chi connectivity index (χ0n) is 16.3. The summed E-state index contributed by atoms with van der Waals surface area (Å²) >= 11 is 2.30. The predicted octanol–water partition coefficient (Wildman–Crippen LogP) is 4.06. The van der Waals surface area contributed by atoms with Gasteiger partial charge < -0.3 is 19.3 Å². The molecule has 0 aromatic heterocycles. The van der Waals surface area contributed by atoms with Crippen LogP contribution < -0.4 is 9.47 Å². The van der Waals surface area contributed by atoms with Crippen molar-refractivity contribution in [2.24, 2.45) is 0 Å². The Bertz CT molecular complexity index is 713. The molecule has 1 saturated heterocycles. The topological polar surface area (TPSA) is 24.9 Å². The number of hydrogen-bond donors (Lipinski definition) is 0. The molecule has 2 aromatic rings. The second-order valence-corrected chi connectivity index (χ2v) is 8.38. The summed E-state index contributed by atoms with van der Waals surface area (Å²) in [6, 6.07) is 14.6. The molecule has 0 bridgehead atoms. The van der Waals surface area contributed by atoms with Crippen LogP contribution in [0, 0.1) is 3.57 Å². The Balaban J connectivity index is 1.53. The first-order chi connectivity index (χ1) is 13.1. The highest BCUT2D eigenvalue weighted by Gasteiger charge is 2.13. The number of rotatable bonds is 8. The van der Waals surface area contributed by atoms with Crippen molar-refractivity contribution in [3.05, 3.63) is 57.2 Å². The summed E-state index contributed by atoms with van der Waals surface area (Å²) in [6.07, 6.45) is 2.28. The standard InChI is InChI=1S/C22H29IN2O2/c1-24-12-14-25(15-13-24)11-3-4-18-5-10-22(26-2)19(16-18)17-27-21-8-6-20(23)7-9-21/h5-10,16H,3-4,11-15,17H2,1-2H3. The van der Waals surface area contributed by atoms with Gasteiger partial charge >= 0.3 is 0 Å².